The standard InChI is InChI=1S/C20H23N3O2S/c24-19(13-18-16-6-1-2-7-17(16)20(25)21-18)23-9-4-8-22(10-11-23)14-15-5-3-12-26-15/h1-3,5-7,12,18H,4,8-11,13-14H2,(H,21,25). The van der Waals surface area contributed by atoms with Gasteiger partial charge in [0.1, 0.15) is 0 Å². The molecule has 0 aliphatic carbocycles. The molecule has 26 heavy (non-hydrogen) atoms. The van der Waals surface area contributed by atoms with Crippen molar-refractivity contribution >= 4 is 23.2 Å². The summed E-state index contributed by atoms with van der Waals surface area (Å²) in [5.74, 6) is 0.0568. The molecule has 3 heterocycles. The number of rotatable bonds is 4. The first kappa shape index (κ1) is 17.2. The second-order valence-corrected chi connectivity index (χ2v) is 7.94. The largest absolute Gasteiger partial charge is 0.345 e. The number of nitrogens with zero attached hydrogens (tertiary/aromatic N) is 2. The van der Waals surface area contributed by atoms with Gasteiger partial charge in [-0.15, -0.1) is 11.3 Å². The summed E-state index contributed by atoms with van der Waals surface area (Å²) in [5, 5.41) is 5.06. The molecule has 2 aromatic rings. The van der Waals surface area contributed by atoms with E-state index in [0.29, 0.717) is 12.0 Å². The molecule has 0 saturated carbocycles. The van der Waals surface area contributed by atoms with Crippen LogP contribution < -0.4 is 5.32 Å². The molecule has 2 amide bonds. The van der Waals surface area contributed by atoms with Crippen molar-refractivity contribution in [1.82, 2.24) is 15.1 Å². The Balaban J connectivity index is 1.35. The van der Waals surface area contributed by atoms with E-state index in [4.69, 9.17) is 0 Å². The highest BCUT2D eigenvalue weighted by Crippen LogP contribution is 2.28. The Morgan fingerprint density at radius 3 is 2.85 bits per heavy atom. The summed E-state index contributed by atoms with van der Waals surface area (Å²) in [6.45, 7) is 4.43. The predicted octanol–water partition coefficient (Wildman–Crippen LogP) is 2.66. The monoisotopic (exact) mass is 369 g/mol. The second-order valence-electron chi connectivity index (χ2n) is 6.91. The van der Waals surface area contributed by atoms with Crippen molar-refractivity contribution in [1.29, 1.82) is 0 Å². The van der Waals surface area contributed by atoms with Gasteiger partial charge in [-0.3, -0.25) is 14.5 Å². The molecule has 0 bridgehead atoms. The molecular weight excluding hydrogens is 346 g/mol. The number of fused-ring (bicyclic) bond motifs is 1. The van der Waals surface area contributed by atoms with Gasteiger partial charge in [-0.05, 0) is 29.5 Å². The Morgan fingerprint density at radius 2 is 2.00 bits per heavy atom. The predicted molar refractivity (Wildman–Crippen MR) is 102 cm³/mol. The molecule has 0 spiro atoms. The van der Waals surface area contributed by atoms with E-state index in [0.717, 1.165) is 44.7 Å². The molecule has 1 aromatic carbocycles. The molecule has 6 heteroatoms. The third kappa shape index (κ3) is 3.66. The van der Waals surface area contributed by atoms with Crippen molar-refractivity contribution in [2.24, 2.45) is 0 Å². The third-order valence-corrected chi connectivity index (χ3v) is 6.03. The van der Waals surface area contributed by atoms with Crippen LogP contribution in [-0.2, 0) is 11.3 Å². The zero-order chi connectivity index (χ0) is 17.9. The highest BCUT2D eigenvalue weighted by atomic mass is 32.1. The van der Waals surface area contributed by atoms with E-state index >= 15 is 0 Å². The van der Waals surface area contributed by atoms with Gasteiger partial charge >= 0.3 is 0 Å². The van der Waals surface area contributed by atoms with E-state index in [2.05, 4.69) is 27.7 Å². The van der Waals surface area contributed by atoms with Gasteiger partial charge in [-0.25, -0.2) is 0 Å². The topological polar surface area (TPSA) is 52.7 Å². The van der Waals surface area contributed by atoms with Gasteiger partial charge in [-0.1, -0.05) is 24.3 Å². The fraction of sp³-hybridized carbons (Fsp3) is 0.400. The lowest BCUT2D eigenvalue weighted by Gasteiger charge is -2.23. The van der Waals surface area contributed by atoms with Crippen LogP contribution in [0.1, 0.15) is 39.7 Å². The number of nitrogens with one attached hydrogen (secondary N) is 1. The first-order chi connectivity index (χ1) is 12.7. The zero-order valence-electron chi connectivity index (χ0n) is 14.7. The van der Waals surface area contributed by atoms with Crippen LogP contribution in [0.3, 0.4) is 0 Å². The maximum absolute atomic E-state index is 12.8. The summed E-state index contributed by atoms with van der Waals surface area (Å²) in [7, 11) is 0. The highest BCUT2D eigenvalue weighted by molar-refractivity contribution is 7.09. The van der Waals surface area contributed by atoms with Gasteiger partial charge in [0.05, 0.1) is 12.5 Å². The van der Waals surface area contributed by atoms with E-state index in [1.165, 1.54) is 4.88 Å². The molecular formula is C20H23N3O2S. The Morgan fingerprint density at radius 1 is 1.12 bits per heavy atom. The fourth-order valence-electron chi connectivity index (χ4n) is 3.79. The minimum Gasteiger partial charge on any atom is -0.345 e. The lowest BCUT2D eigenvalue weighted by atomic mass is 10.0. The van der Waals surface area contributed by atoms with Crippen LogP contribution >= 0.6 is 11.3 Å². The van der Waals surface area contributed by atoms with Gasteiger partial charge in [0.15, 0.2) is 0 Å². The second kappa shape index (κ2) is 7.60. The van der Waals surface area contributed by atoms with Gasteiger partial charge in [-0.2, -0.15) is 0 Å². The fourth-order valence-corrected chi connectivity index (χ4v) is 4.53. The van der Waals surface area contributed by atoms with Crippen molar-refractivity contribution in [2.75, 3.05) is 26.2 Å². The third-order valence-electron chi connectivity index (χ3n) is 5.17. The molecule has 2 aliphatic heterocycles. The van der Waals surface area contributed by atoms with Crippen molar-refractivity contribution in [3.8, 4) is 0 Å². The molecule has 1 N–H and O–H groups in total. The molecule has 0 radical (unpaired) electrons. The summed E-state index contributed by atoms with van der Waals surface area (Å²) < 4.78 is 0. The molecule has 136 valence electrons. The van der Waals surface area contributed by atoms with Crippen molar-refractivity contribution < 1.29 is 9.59 Å². The van der Waals surface area contributed by atoms with E-state index in [1.807, 2.05) is 29.2 Å². The molecule has 1 atom stereocenters. The number of thiophene rings is 1. The maximum atomic E-state index is 12.8. The molecule has 1 aromatic heterocycles. The number of hydrogen-bond acceptors (Lipinski definition) is 4. The lowest BCUT2D eigenvalue weighted by molar-refractivity contribution is -0.131. The van der Waals surface area contributed by atoms with E-state index in [1.54, 1.807) is 11.3 Å². The SMILES string of the molecule is O=C1NC(CC(=O)N2CCCN(Cc3cccs3)CC2)c2ccccc21. The Hall–Kier alpha value is -2.18. The van der Waals surface area contributed by atoms with Gasteiger partial charge < -0.3 is 10.2 Å². The summed E-state index contributed by atoms with van der Waals surface area (Å²) in [6, 6.07) is 11.6. The molecule has 2 aliphatic rings. The normalized spacial score (nSPS) is 20.5. The van der Waals surface area contributed by atoms with E-state index < -0.39 is 0 Å². The number of carbonyl (C=O) groups is 2. The van der Waals surface area contributed by atoms with Crippen LogP contribution in [0, 0.1) is 0 Å². The maximum Gasteiger partial charge on any atom is 0.252 e. The minimum absolute atomic E-state index is 0.0728. The van der Waals surface area contributed by atoms with Crippen LogP contribution in [0.25, 0.3) is 0 Å². The number of benzene rings is 1. The first-order valence-electron chi connectivity index (χ1n) is 9.13. The lowest BCUT2D eigenvalue weighted by Crippen LogP contribution is -2.36. The smallest absolute Gasteiger partial charge is 0.252 e. The Kier molecular flexibility index (Phi) is 5.04. The summed E-state index contributed by atoms with van der Waals surface area (Å²) in [5.41, 5.74) is 1.64. The van der Waals surface area contributed by atoms with Crippen LogP contribution in [0.4, 0.5) is 0 Å². The number of amides is 2. The zero-order valence-corrected chi connectivity index (χ0v) is 15.5. The van der Waals surface area contributed by atoms with Crippen molar-refractivity contribution in [3.05, 3.63) is 57.8 Å². The van der Waals surface area contributed by atoms with Gasteiger partial charge in [0.2, 0.25) is 5.91 Å². The average molecular weight is 369 g/mol. The Bertz CT molecular complexity index is 790. The Labute approximate surface area is 157 Å². The van der Waals surface area contributed by atoms with Crippen LogP contribution in [0.2, 0.25) is 0 Å². The van der Waals surface area contributed by atoms with Crippen molar-refractivity contribution in [3.63, 3.8) is 0 Å². The number of hydrogen-bond donors (Lipinski definition) is 1. The first-order valence-corrected chi connectivity index (χ1v) is 10.0. The minimum atomic E-state index is -0.198. The van der Waals surface area contributed by atoms with Crippen LogP contribution in [0.5, 0.6) is 0 Å². The van der Waals surface area contributed by atoms with Crippen LogP contribution in [0.15, 0.2) is 41.8 Å². The summed E-state index contributed by atoms with van der Waals surface area (Å²) in [4.78, 5) is 30.6. The molecule has 1 saturated heterocycles. The van der Waals surface area contributed by atoms with E-state index in [9.17, 15) is 9.59 Å². The van der Waals surface area contributed by atoms with E-state index in [-0.39, 0.29) is 17.9 Å². The van der Waals surface area contributed by atoms with Crippen molar-refractivity contribution in [2.45, 2.75) is 25.4 Å². The quantitative estimate of drug-likeness (QED) is 0.901. The van der Waals surface area contributed by atoms with Gasteiger partial charge in [0, 0.05) is 43.2 Å². The molecule has 5 nitrogen and oxygen atoms in total. The number of carbonyl (C=O) groups excluding carboxylic acids is 2. The van der Waals surface area contributed by atoms with Gasteiger partial charge in [0.25, 0.3) is 5.91 Å². The molecule has 4 rings (SSSR count). The average Bonchev–Trinajstić information content (AvgIpc) is 3.18. The van der Waals surface area contributed by atoms with Crippen LogP contribution in [-0.4, -0.2) is 47.8 Å². The molecule has 1 fully saturated rings. The highest BCUT2D eigenvalue weighted by Gasteiger charge is 2.31. The summed E-state index contributed by atoms with van der Waals surface area (Å²) >= 11 is 1.78. The molecule has 1 unspecified atom stereocenters. The summed E-state index contributed by atoms with van der Waals surface area (Å²) in [6.07, 6.45) is 1.33.